The first kappa shape index (κ1) is 17.0. The zero-order valence-electron chi connectivity index (χ0n) is 13.4. The van der Waals surface area contributed by atoms with Crippen LogP contribution in [0, 0.1) is 11.6 Å². The summed E-state index contributed by atoms with van der Waals surface area (Å²) in [4.78, 5) is 12.2. The third-order valence-electron chi connectivity index (χ3n) is 3.86. The van der Waals surface area contributed by atoms with E-state index >= 15 is 0 Å². The van der Waals surface area contributed by atoms with Gasteiger partial charge >= 0.3 is 0 Å². The molecule has 130 valence electrons. The van der Waals surface area contributed by atoms with Crippen molar-refractivity contribution < 1.29 is 18.7 Å². The van der Waals surface area contributed by atoms with Crippen LogP contribution in [0.2, 0.25) is 0 Å². The number of hydrogen-bond donors (Lipinski definition) is 2. The molecule has 0 fully saturated rings. The molecule has 0 aliphatic rings. The van der Waals surface area contributed by atoms with Crippen LogP contribution < -0.4 is 5.32 Å². The van der Waals surface area contributed by atoms with E-state index in [1.165, 1.54) is 6.07 Å². The molecule has 0 saturated heterocycles. The molecule has 1 heterocycles. The minimum Gasteiger partial charge on any atom is -0.387 e. The van der Waals surface area contributed by atoms with Gasteiger partial charge in [0, 0.05) is 18.7 Å². The number of aromatic nitrogens is 3. The van der Waals surface area contributed by atoms with Crippen molar-refractivity contribution in [3.8, 4) is 0 Å². The number of benzene rings is 2. The Morgan fingerprint density at radius 2 is 2.04 bits per heavy atom. The standard InChI is InChI=1S/C17H16F2N4O2/c1-2-23-15-6-4-11(8-14(15)21-22-23)17(25)20-9-16(24)10-3-5-12(18)13(19)7-10/h3-8,16,24H,2,9H2,1H3,(H,20,25)/t16-/m1/s1. The Morgan fingerprint density at radius 3 is 2.76 bits per heavy atom. The minimum atomic E-state index is -1.15. The number of halogens is 2. The zero-order valence-corrected chi connectivity index (χ0v) is 13.4. The van der Waals surface area contributed by atoms with Crippen LogP contribution in [0.3, 0.4) is 0 Å². The van der Waals surface area contributed by atoms with Crippen LogP contribution in [0.1, 0.15) is 28.9 Å². The summed E-state index contributed by atoms with van der Waals surface area (Å²) in [5, 5.41) is 20.5. The summed E-state index contributed by atoms with van der Waals surface area (Å²) >= 11 is 0. The van der Waals surface area contributed by atoms with Crippen LogP contribution in [0.25, 0.3) is 11.0 Å². The van der Waals surface area contributed by atoms with E-state index in [9.17, 15) is 18.7 Å². The summed E-state index contributed by atoms with van der Waals surface area (Å²) in [5.74, 6) is -2.45. The molecule has 0 aliphatic heterocycles. The van der Waals surface area contributed by atoms with E-state index in [-0.39, 0.29) is 12.1 Å². The Morgan fingerprint density at radius 1 is 1.24 bits per heavy atom. The maximum absolute atomic E-state index is 13.2. The predicted octanol–water partition coefficient (Wildman–Crippen LogP) is 2.19. The fourth-order valence-corrected chi connectivity index (χ4v) is 2.48. The van der Waals surface area contributed by atoms with Gasteiger partial charge in [0.15, 0.2) is 11.6 Å². The highest BCUT2D eigenvalue weighted by Crippen LogP contribution is 2.17. The van der Waals surface area contributed by atoms with Gasteiger partial charge in [0.2, 0.25) is 0 Å². The highest BCUT2D eigenvalue weighted by molar-refractivity contribution is 5.97. The highest BCUT2D eigenvalue weighted by Gasteiger charge is 2.14. The first-order valence-corrected chi connectivity index (χ1v) is 7.74. The molecule has 0 aliphatic carbocycles. The molecule has 0 saturated carbocycles. The van der Waals surface area contributed by atoms with E-state index < -0.39 is 23.6 Å². The molecule has 8 heteroatoms. The molecule has 6 nitrogen and oxygen atoms in total. The lowest BCUT2D eigenvalue weighted by Crippen LogP contribution is -2.28. The maximum atomic E-state index is 13.2. The molecule has 0 radical (unpaired) electrons. The molecule has 1 atom stereocenters. The lowest BCUT2D eigenvalue weighted by Gasteiger charge is -2.12. The van der Waals surface area contributed by atoms with E-state index in [1.807, 2.05) is 6.92 Å². The Kier molecular flexibility index (Phi) is 4.71. The highest BCUT2D eigenvalue weighted by atomic mass is 19.2. The van der Waals surface area contributed by atoms with Crippen molar-refractivity contribution in [2.75, 3.05) is 6.54 Å². The average molecular weight is 346 g/mol. The number of fused-ring (bicyclic) bond motifs is 1. The van der Waals surface area contributed by atoms with Crippen LogP contribution in [0.4, 0.5) is 8.78 Å². The minimum absolute atomic E-state index is 0.135. The summed E-state index contributed by atoms with van der Waals surface area (Å²) in [7, 11) is 0. The smallest absolute Gasteiger partial charge is 0.251 e. The molecule has 3 rings (SSSR count). The van der Waals surface area contributed by atoms with Gasteiger partial charge in [-0.2, -0.15) is 0 Å². The number of carbonyl (C=O) groups excluding carboxylic acids is 1. The van der Waals surface area contributed by atoms with Crippen LogP contribution in [0.5, 0.6) is 0 Å². The number of aliphatic hydroxyl groups is 1. The van der Waals surface area contributed by atoms with Gasteiger partial charge in [0.1, 0.15) is 5.52 Å². The fourth-order valence-electron chi connectivity index (χ4n) is 2.48. The van der Waals surface area contributed by atoms with Gasteiger partial charge in [0.05, 0.1) is 11.6 Å². The normalized spacial score (nSPS) is 12.3. The molecule has 25 heavy (non-hydrogen) atoms. The van der Waals surface area contributed by atoms with Gasteiger partial charge in [-0.25, -0.2) is 13.5 Å². The third kappa shape index (κ3) is 3.48. The van der Waals surface area contributed by atoms with Crippen molar-refractivity contribution in [3.05, 3.63) is 59.2 Å². The Bertz CT molecular complexity index is 926. The van der Waals surface area contributed by atoms with Crippen molar-refractivity contribution in [2.24, 2.45) is 0 Å². The zero-order chi connectivity index (χ0) is 18.0. The van der Waals surface area contributed by atoms with Gasteiger partial charge in [-0.05, 0) is 42.8 Å². The summed E-state index contributed by atoms with van der Waals surface area (Å²) in [6.45, 7) is 2.47. The van der Waals surface area contributed by atoms with Gasteiger partial charge < -0.3 is 10.4 Å². The molecule has 1 aromatic heterocycles. The maximum Gasteiger partial charge on any atom is 0.251 e. The predicted molar refractivity (Wildman–Crippen MR) is 86.9 cm³/mol. The molecule has 0 unspecified atom stereocenters. The second kappa shape index (κ2) is 6.94. The summed E-state index contributed by atoms with van der Waals surface area (Å²) in [6, 6.07) is 8.09. The molecular formula is C17H16F2N4O2. The number of nitrogens with zero attached hydrogens (tertiary/aromatic N) is 3. The fraction of sp³-hybridized carbons (Fsp3) is 0.235. The number of carbonyl (C=O) groups is 1. The summed E-state index contributed by atoms with van der Waals surface area (Å²) in [6.07, 6.45) is -1.15. The first-order chi connectivity index (χ1) is 12.0. The molecule has 3 aromatic rings. The van der Waals surface area contributed by atoms with Crippen molar-refractivity contribution in [2.45, 2.75) is 19.6 Å². The van der Waals surface area contributed by atoms with Gasteiger partial charge in [-0.1, -0.05) is 11.3 Å². The Hall–Kier alpha value is -2.87. The number of amides is 1. The molecule has 0 bridgehead atoms. The van der Waals surface area contributed by atoms with Crippen molar-refractivity contribution >= 4 is 16.9 Å². The van der Waals surface area contributed by atoms with Crippen molar-refractivity contribution in [1.82, 2.24) is 20.3 Å². The van der Waals surface area contributed by atoms with Crippen LogP contribution in [-0.4, -0.2) is 32.6 Å². The van der Waals surface area contributed by atoms with Gasteiger partial charge in [-0.15, -0.1) is 5.10 Å². The molecular weight excluding hydrogens is 330 g/mol. The average Bonchev–Trinajstić information content (AvgIpc) is 3.03. The number of hydrogen-bond acceptors (Lipinski definition) is 4. The first-order valence-electron chi connectivity index (χ1n) is 7.74. The van der Waals surface area contributed by atoms with Crippen LogP contribution >= 0.6 is 0 Å². The van der Waals surface area contributed by atoms with E-state index in [0.29, 0.717) is 17.6 Å². The van der Waals surface area contributed by atoms with E-state index in [1.54, 1.807) is 22.9 Å². The molecule has 2 N–H and O–H groups in total. The van der Waals surface area contributed by atoms with Crippen LogP contribution in [0.15, 0.2) is 36.4 Å². The topological polar surface area (TPSA) is 80.0 Å². The van der Waals surface area contributed by atoms with E-state index in [0.717, 1.165) is 17.6 Å². The molecule has 2 aromatic carbocycles. The summed E-state index contributed by atoms with van der Waals surface area (Å²) in [5.41, 5.74) is 1.96. The number of nitrogens with one attached hydrogen (secondary N) is 1. The van der Waals surface area contributed by atoms with Crippen molar-refractivity contribution in [1.29, 1.82) is 0 Å². The quantitative estimate of drug-likeness (QED) is 0.742. The number of rotatable bonds is 5. The van der Waals surface area contributed by atoms with Crippen LogP contribution in [-0.2, 0) is 6.54 Å². The molecule has 1 amide bonds. The lowest BCUT2D eigenvalue weighted by molar-refractivity contribution is 0.0916. The van der Waals surface area contributed by atoms with Gasteiger partial charge in [0.25, 0.3) is 5.91 Å². The second-order valence-corrected chi connectivity index (χ2v) is 5.51. The van der Waals surface area contributed by atoms with Crippen molar-refractivity contribution in [3.63, 3.8) is 0 Å². The summed E-state index contributed by atoms with van der Waals surface area (Å²) < 4.78 is 27.8. The SMILES string of the molecule is CCn1nnc2cc(C(=O)NC[C@@H](O)c3ccc(F)c(F)c3)ccc21. The van der Waals surface area contributed by atoms with E-state index in [2.05, 4.69) is 15.6 Å². The largest absolute Gasteiger partial charge is 0.387 e. The van der Waals surface area contributed by atoms with E-state index in [4.69, 9.17) is 0 Å². The molecule has 0 spiro atoms. The number of aryl methyl sites for hydroxylation is 1. The Balaban J connectivity index is 1.68. The monoisotopic (exact) mass is 346 g/mol. The Labute approximate surface area is 142 Å². The third-order valence-corrected chi connectivity index (χ3v) is 3.86. The lowest BCUT2D eigenvalue weighted by atomic mass is 10.1. The number of aliphatic hydroxyl groups excluding tert-OH is 1. The second-order valence-electron chi connectivity index (χ2n) is 5.51. The van der Waals surface area contributed by atoms with Gasteiger partial charge in [-0.3, -0.25) is 4.79 Å².